The molecule has 0 N–H and O–H groups in total. The Morgan fingerprint density at radius 3 is 2.48 bits per heavy atom. The van der Waals surface area contributed by atoms with Crippen molar-refractivity contribution in [3.8, 4) is 0 Å². The average molecular weight is 425 g/mol. The second-order valence-corrected chi connectivity index (χ2v) is 7.95. The molecule has 0 bridgehead atoms. The Morgan fingerprint density at radius 2 is 1.87 bits per heavy atom. The molecule has 0 saturated carbocycles. The van der Waals surface area contributed by atoms with Crippen LogP contribution < -0.4 is 0 Å². The van der Waals surface area contributed by atoms with Gasteiger partial charge in [-0.3, -0.25) is 14.6 Å². The van der Waals surface area contributed by atoms with E-state index < -0.39 is 12.1 Å². The third kappa shape index (κ3) is 3.64. The summed E-state index contributed by atoms with van der Waals surface area (Å²) in [6.07, 6.45) is 1.82. The number of carbonyl (C=O) groups excluding carboxylic acids is 2. The first-order valence-corrected chi connectivity index (χ1v) is 10.4. The van der Waals surface area contributed by atoms with Crippen LogP contribution in [0.3, 0.4) is 0 Å². The molecule has 1 saturated heterocycles. The maximum atomic E-state index is 13.5. The number of amides is 3. The Morgan fingerprint density at radius 1 is 1.16 bits per heavy atom. The molecular weight excluding hydrogens is 399 g/mol. The van der Waals surface area contributed by atoms with Gasteiger partial charge in [0.1, 0.15) is 11.5 Å². The summed E-state index contributed by atoms with van der Waals surface area (Å²) >= 11 is 0. The number of nitrogens with zero attached hydrogens (tertiary/aromatic N) is 6. The molecule has 3 heterocycles. The normalized spacial score (nSPS) is 18.7. The maximum Gasteiger partial charge on any atom is 0.421 e. The van der Waals surface area contributed by atoms with E-state index in [2.05, 4.69) is 12.0 Å². The molecule has 1 aromatic heterocycles. The number of imide groups is 1. The largest absolute Gasteiger partial charge is 0.421 e. The van der Waals surface area contributed by atoms with Gasteiger partial charge in [-0.2, -0.15) is 0 Å². The molecule has 1 aromatic carbocycles. The van der Waals surface area contributed by atoms with Gasteiger partial charge >= 0.3 is 12.0 Å². The van der Waals surface area contributed by atoms with Gasteiger partial charge in [-0.25, -0.2) is 13.8 Å². The molecule has 3 amide bonds. The molecule has 1 atom stereocenters. The zero-order valence-corrected chi connectivity index (χ0v) is 18.2. The van der Waals surface area contributed by atoms with Crippen molar-refractivity contribution in [2.45, 2.75) is 46.2 Å². The van der Waals surface area contributed by atoms with Gasteiger partial charge < -0.3 is 0 Å². The molecule has 31 heavy (non-hydrogen) atoms. The minimum Gasteiger partial charge on any atom is -0.270 e. The molecule has 2 aliphatic heterocycles. The number of hydrogen-bond acceptors (Lipinski definition) is 4. The summed E-state index contributed by atoms with van der Waals surface area (Å²) in [5, 5.41) is 4.54. The summed E-state index contributed by atoms with van der Waals surface area (Å²) in [6, 6.07) is 6.60. The topological polar surface area (TPSA) is 73.8 Å². The maximum absolute atomic E-state index is 13.5. The minimum absolute atomic E-state index is 0.0723. The molecule has 1 fully saturated rings. The molecule has 0 spiro atoms. The number of fused-ring (bicyclic) bond motifs is 1. The van der Waals surface area contributed by atoms with Crippen LogP contribution in [0.4, 0.5) is 9.18 Å². The monoisotopic (exact) mass is 425 g/mol. The fourth-order valence-corrected chi connectivity index (χ4v) is 3.98. The first kappa shape index (κ1) is 20.9. The Kier molecular flexibility index (Phi) is 5.43. The number of hydrogen-bond donors (Lipinski definition) is 0. The summed E-state index contributed by atoms with van der Waals surface area (Å²) in [7, 11) is 1.63. The van der Waals surface area contributed by atoms with E-state index in [4.69, 9.17) is 4.99 Å². The van der Waals surface area contributed by atoms with Crippen LogP contribution >= 0.6 is 0 Å². The average Bonchev–Trinajstić information content (AvgIpc) is 3.28. The van der Waals surface area contributed by atoms with Gasteiger partial charge in [0.15, 0.2) is 0 Å². The van der Waals surface area contributed by atoms with Crippen molar-refractivity contribution in [2.24, 2.45) is 4.99 Å². The standard InChI is InChI=1S/C22H26FN6O2/c1-5-6-11-27-18-19(24-21(27)29-15(3)12-14(2)25-29)26(4)22(31)28(20(18)30)13-16-7-9-17(23)10-8-16/h7-10,12,18H,5-6,11,13H2,1-4H3/q+1. The van der Waals surface area contributed by atoms with Crippen molar-refractivity contribution >= 4 is 23.7 Å². The van der Waals surface area contributed by atoms with Gasteiger partial charge in [-0.15, -0.1) is 9.78 Å². The number of aromatic nitrogens is 2. The van der Waals surface area contributed by atoms with E-state index in [-0.39, 0.29) is 18.3 Å². The molecule has 8 nitrogen and oxygen atoms in total. The van der Waals surface area contributed by atoms with Crippen LogP contribution in [0.2, 0.25) is 0 Å². The predicted octanol–water partition coefficient (Wildman–Crippen LogP) is 2.53. The molecule has 0 radical (unpaired) electrons. The van der Waals surface area contributed by atoms with Crippen LogP contribution in [-0.4, -0.2) is 67.5 Å². The highest BCUT2D eigenvalue weighted by molar-refractivity contribution is 6.22. The molecule has 1 unspecified atom stereocenters. The van der Waals surface area contributed by atoms with E-state index in [9.17, 15) is 14.0 Å². The van der Waals surface area contributed by atoms with Gasteiger partial charge in [-0.05, 0) is 44.0 Å². The zero-order valence-electron chi connectivity index (χ0n) is 18.2. The van der Waals surface area contributed by atoms with Crippen molar-refractivity contribution < 1.29 is 18.6 Å². The minimum atomic E-state index is -0.700. The van der Waals surface area contributed by atoms with Crippen LogP contribution in [-0.2, 0) is 11.3 Å². The molecular formula is C22H26FN6O2+. The highest BCUT2D eigenvalue weighted by Gasteiger charge is 2.53. The number of unbranched alkanes of at least 4 members (excludes halogenated alkanes) is 1. The summed E-state index contributed by atoms with van der Waals surface area (Å²) in [5.41, 5.74) is 2.43. The Labute approximate surface area is 180 Å². The Balaban J connectivity index is 1.75. The van der Waals surface area contributed by atoms with E-state index in [1.807, 2.05) is 24.5 Å². The predicted molar refractivity (Wildman–Crippen MR) is 113 cm³/mol. The fraction of sp³-hybridized carbons (Fsp3) is 0.409. The Hall–Kier alpha value is -3.36. The summed E-state index contributed by atoms with van der Waals surface area (Å²) in [6.45, 7) is 6.61. The number of amidine groups is 1. The van der Waals surface area contributed by atoms with Crippen LogP contribution in [0, 0.1) is 19.7 Å². The number of urea groups is 1. The molecule has 2 aliphatic rings. The highest BCUT2D eigenvalue weighted by Crippen LogP contribution is 2.23. The van der Waals surface area contributed by atoms with Crippen LogP contribution in [0.15, 0.2) is 35.3 Å². The number of rotatable bonds is 5. The first-order valence-electron chi connectivity index (χ1n) is 10.4. The second-order valence-electron chi connectivity index (χ2n) is 7.95. The van der Waals surface area contributed by atoms with E-state index in [1.54, 1.807) is 23.9 Å². The van der Waals surface area contributed by atoms with Gasteiger partial charge in [0, 0.05) is 7.05 Å². The summed E-state index contributed by atoms with van der Waals surface area (Å²) in [4.78, 5) is 33.8. The lowest BCUT2D eigenvalue weighted by Gasteiger charge is -2.34. The number of carbonyl (C=O) groups is 2. The molecule has 9 heteroatoms. The van der Waals surface area contributed by atoms with Crippen molar-refractivity contribution in [1.82, 2.24) is 19.6 Å². The van der Waals surface area contributed by atoms with Gasteiger partial charge in [0.25, 0.3) is 5.91 Å². The lowest BCUT2D eigenvalue weighted by atomic mass is 10.1. The van der Waals surface area contributed by atoms with E-state index in [0.29, 0.717) is 23.9 Å². The highest BCUT2D eigenvalue weighted by atomic mass is 19.1. The van der Waals surface area contributed by atoms with Gasteiger partial charge in [-0.1, -0.05) is 30.5 Å². The third-order valence-corrected chi connectivity index (χ3v) is 5.59. The smallest absolute Gasteiger partial charge is 0.270 e. The van der Waals surface area contributed by atoms with Crippen molar-refractivity contribution in [3.05, 3.63) is 53.1 Å². The van der Waals surface area contributed by atoms with Crippen LogP contribution in [0.5, 0.6) is 0 Å². The Bertz CT molecular complexity index is 1100. The number of aryl methyl sites for hydroxylation is 2. The summed E-state index contributed by atoms with van der Waals surface area (Å²) in [5.74, 6) is 0.260. The zero-order chi connectivity index (χ0) is 22.3. The molecule has 4 rings (SSSR count). The van der Waals surface area contributed by atoms with E-state index in [1.165, 1.54) is 21.9 Å². The number of benzene rings is 1. The lowest BCUT2D eigenvalue weighted by Crippen LogP contribution is -2.62. The first-order chi connectivity index (χ1) is 14.8. The molecule has 162 valence electrons. The van der Waals surface area contributed by atoms with Crippen molar-refractivity contribution in [1.29, 1.82) is 0 Å². The van der Waals surface area contributed by atoms with Crippen LogP contribution in [0.25, 0.3) is 0 Å². The van der Waals surface area contributed by atoms with E-state index in [0.717, 1.165) is 24.2 Å². The quantitative estimate of drug-likeness (QED) is 0.691. The number of likely N-dealkylation sites (N-methyl/N-ethyl adjacent to an activating group) is 1. The SMILES string of the molecule is CCCC[N+]1=C(n2nc(C)cc2C)N=C2C1C(=O)N(Cc1ccc(F)cc1)C(=O)N2C. The third-order valence-electron chi connectivity index (χ3n) is 5.59. The fourth-order valence-electron chi connectivity index (χ4n) is 3.98. The molecule has 0 aliphatic carbocycles. The van der Waals surface area contributed by atoms with Crippen molar-refractivity contribution in [2.75, 3.05) is 13.6 Å². The number of halogens is 1. The van der Waals surface area contributed by atoms with Crippen LogP contribution in [0.1, 0.15) is 36.7 Å². The van der Waals surface area contributed by atoms with Crippen molar-refractivity contribution in [3.63, 3.8) is 0 Å². The summed E-state index contributed by atoms with van der Waals surface area (Å²) < 4.78 is 16.9. The van der Waals surface area contributed by atoms with E-state index >= 15 is 0 Å². The lowest BCUT2D eigenvalue weighted by molar-refractivity contribution is -0.538. The second kappa shape index (κ2) is 8.05. The van der Waals surface area contributed by atoms with Gasteiger partial charge in [0.2, 0.25) is 11.9 Å². The number of aliphatic imine (C=N–C) groups is 1. The molecule has 2 aromatic rings. The van der Waals surface area contributed by atoms with Gasteiger partial charge in [0.05, 0.1) is 18.8 Å².